The van der Waals surface area contributed by atoms with Crippen molar-refractivity contribution in [3.63, 3.8) is 0 Å². The molecule has 1 amide bonds. The minimum absolute atomic E-state index is 0.00995. The van der Waals surface area contributed by atoms with Gasteiger partial charge in [0.15, 0.2) is 0 Å². The van der Waals surface area contributed by atoms with E-state index >= 15 is 0 Å². The number of carbonyl (C=O) groups is 1. The van der Waals surface area contributed by atoms with Gasteiger partial charge in [-0.25, -0.2) is 5.01 Å². The SMILES string of the molecule is CC1=NN(c2cc(S(=O)[O-])c3cccc(S(=O)(=O)O)c3c2)C(=O)C1. The fraction of sp³-hybridized carbons (Fsp3) is 0.143. The number of anilines is 1. The van der Waals surface area contributed by atoms with Crippen LogP contribution in [0, 0.1) is 0 Å². The average molecular weight is 367 g/mol. The third-order valence-electron chi connectivity index (χ3n) is 3.52. The van der Waals surface area contributed by atoms with Crippen molar-refractivity contribution in [1.82, 2.24) is 0 Å². The van der Waals surface area contributed by atoms with Crippen LogP contribution in [0.3, 0.4) is 0 Å². The van der Waals surface area contributed by atoms with Crippen molar-refractivity contribution in [2.24, 2.45) is 5.10 Å². The lowest BCUT2D eigenvalue weighted by molar-refractivity contribution is -0.116. The second kappa shape index (κ2) is 5.74. The van der Waals surface area contributed by atoms with E-state index in [0.29, 0.717) is 5.71 Å². The molecule has 0 spiro atoms. The van der Waals surface area contributed by atoms with E-state index in [2.05, 4.69) is 5.10 Å². The van der Waals surface area contributed by atoms with E-state index in [-0.39, 0.29) is 33.7 Å². The van der Waals surface area contributed by atoms with Crippen LogP contribution in [-0.4, -0.2) is 33.4 Å². The first-order chi connectivity index (χ1) is 11.2. The van der Waals surface area contributed by atoms with Crippen molar-refractivity contribution < 1.29 is 26.5 Å². The predicted molar refractivity (Wildman–Crippen MR) is 86.2 cm³/mol. The van der Waals surface area contributed by atoms with Gasteiger partial charge in [-0.3, -0.25) is 13.6 Å². The molecule has 0 aromatic heterocycles. The van der Waals surface area contributed by atoms with Gasteiger partial charge in [-0.15, -0.1) is 0 Å². The fourth-order valence-corrected chi connectivity index (χ4v) is 3.82. The van der Waals surface area contributed by atoms with Crippen molar-refractivity contribution >= 4 is 49.3 Å². The van der Waals surface area contributed by atoms with Crippen LogP contribution in [-0.2, 0) is 26.0 Å². The number of nitrogens with zero attached hydrogens (tertiary/aromatic N) is 2. The Morgan fingerprint density at radius 3 is 2.54 bits per heavy atom. The molecule has 2 aromatic carbocycles. The highest BCUT2D eigenvalue weighted by atomic mass is 32.2. The van der Waals surface area contributed by atoms with E-state index < -0.39 is 26.1 Å². The fourth-order valence-electron chi connectivity index (χ4n) is 2.55. The minimum Gasteiger partial charge on any atom is -0.768 e. The van der Waals surface area contributed by atoms with Gasteiger partial charge >= 0.3 is 0 Å². The highest BCUT2D eigenvalue weighted by molar-refractivity contribution is 7.86. The number of hydrogen-bond acceptors (Lipinski definition) is 6. The van der Waals surface area contributed by atoms with Crippen LogP contribution in [0.5, 0.6) is 0 Å². The monoisotopic (exact) mass is 367 g/mol. The Morgan fingerprint density at radius 2 is 2.00 bits per heavy atom. The van der Waals surface area contributed by atoms with Crippen molar-refractivity contribution in [2.45, 2.75) is 23.1 Å². The Hall–Kier alpha value is -2.14. The van der Waals surface area contributed by atoms with E-state index in [1.54, 1.807) is 6.92 Å². The van der Waals surface area contributed by atoms with E-state index in [4.69, 9.17) is 0 Å². The summed E-state index contributed by atoms with van der Waals surface area (Å²) in [6.45, 7) is 1.65. The van der Waals surface area contributed by atoms with Gasteiger partial charge in [0.05, 0.1) is 12.1 Å². The second-order valence-corrected chi connectivity index (χ2v) is 7.52. The topological polar surface area (TPSA) is 127 Å². The molecule has 1 heterocycles. The van der Waals surface area contributed by atoms with E-state index in [9.17, 15) is 26.5 Å². The molecule has 1 unspecified atom stereocenters. The Balaban J connectivity index is 2.38. The first-order valence-electron chi connectivity index (χ1n) is 6.69. The number of hydrogen-bond donors (Lipinski definition) is 1. The molecule has 1 aliphatic heterocycles. The van der Waals surface area contributed by atoms with Gasteiger partial charge in [-0.2, -0.15) is 13.5 Å². The van der Waals surface area contributed by atoms with E-state index in [1.807, 2.05) is 0 Å². The predicted octanol–water partition coefficient (Wildman–Crippen LogP) is 1.44. The van der Waals surface area contributed by atoms with Crippen LogP contribution in [0.1, 0.15) is 13.3 Å². The zero-order valence-electron chi connectivity index (χ0n) is 12.3. The summed E-state index contributed by atoms with van der Waals surface area (Å²) >= 11 is -2.68. The van der Waals surface area contributed by atoms with Crippen LogP contribution in [0.15, 0.2) is 45.2 Å². The van der Waals surface area contributed by atoms with Crippen molar-refractivity contribution in [3.05, 3.63) is 30.3 Å². The minimum atomic E-state index is -4.58. The molecule has 24 heavy (non-hydrogen) atoms. The van der Waals surface area contributed by atoms with Gasteiger partial charge in [0.2, 0.25) is 0 Å². The van der Waals surface area contributed by atoms with Crippen LogP contribution in [0.4, 0.5) is 5.69 Å². The molecular formula is C14H11N2O6S2-. The van der Waals surface area contributed by atoms with Crippen LogP contribution in [0.25, 0.3) is 10.8 Å². The lowest BCUT2D eigenvalue weighted by Gasteiger charge is -2.17. The Bertz CT molecular complexity index is 1030. The van der Waals surface area contributed by atoms with Gasteiger partial charge in [-0.1, -0.05) is 12.1 Å². The Labute approximate surface area is 139 Å². The molecule has 0 bridgehead atoms. The molecule has 1 atom stereocenters. The van der Waals surface area contributed by atoms with Crippen LogP contribution >= 0.6 is 0 Å². The zero-order valence-corrected chi connectivity index (χ0v) is 13.9. The molecule has 0 saturated heterocycles. The van der Waals surface area contributed by atoms with Crippen molar-refractivity contribution in [1.29, 1.82) is 0 Å². The molecule has 126 valence electrons. The van der Waals surface area contributed by atoms with Gasteiger partial charge in [0.1, 0.15) is 4.90 Å². The van der Waals surface area contributed by atoms with Crippen LogP contribution in [0.2, 0.25) is 0 Å². The van der Waals surface area contributed by atoms with Crippen molar-refractivity contribution in [3.8, 4) is 0 Å². The highest BCUT2D eigenvalue weighted by Gasteiger charge is 2.25. The van der Waals surface area contributed by atoms with E-state index in [0.717, 1.165) is 11.1 Å². The molecule has 8 nitrogen and oxygen atoms in total. The summed E-state index contributed by atoms with van der Waals surface area (Å²) in [5.74, 6) is -0.362. The van der Waals surface area contributed by atoms with Crippen molar-refractivity contribution in [2.75, 3.05) is 5.01 Å². The smallest absolute Gasteiger partial charge is 0.295 e. The Kier molecular flexibility index (Phi) is 4.00. The van der Waals surface area contributed by atoms with E-state index in [1.165, 1.54) is 24.3 Å². The summed E-state index contributed by atoms with van der Waals surface area (Å²) in [5, 5.41) is 5.16. The maximum Gasteiger partial charge on any atom is 0.295 e. The first kappa shape index (κ1) is 16.7. The molecule has 10 heteroatoms. The lowest BCUT2D eigenvalue weighted by Crippen LogP contribution is -2.20. The van der Waals surface area contributed by atoms with Gasteiger partial charge in [-0.05, 0) is 41.6 Å². The summed E-state index contributed by atoms with van der Waals surface area (Å²) < 4.78 is 55.6. The molecule has 1 aliphatic rings. The van der Waals surface area contributed by atoms with Gasteiger partial charge in [0.25, 0.3) is 16.0 Å². The molecule has 0 saturated carbocycles. The number of fused-ring (bicyclic) bond motifs is 1. The standard InChI is InChI=1S/C14H12N2O6S2/c1-8-5-14(17)16(15-8)9-6-11-10(12(7-9)23(18)19)3-2-4-13(11)24(20,21)22/h2-4,6-7H,5H2,1H3,(H,18,19)(H,20,21,22)/p-1. The quantitative estimate of drug-likeness (QED) is 0.646. The summed E-state index contributed by atoms with van der Waals surface area (Å²) in [6, 6.07) is 6.44. The molecule has 0 aliphatic carbocycles. The largest absolute Gasteiger partial charge is 0.768 e. The number of carbonyl (C=O) groups excluding carboxylic acids is 1. The molecule has 1 N–H and O–H groups in total. The summed E-state index contributed by atoms with van der Waals surface area (Å²) in [5.41, 5.74) is 0.660. The average Bonchev–Trinajstić information content (AvgIpc) is 2.83. The third-order valence-corrected chi connectivity index (χ3v) is 5.13. The third kappa shape index (κ3) is 2.84. The zero-order chi connectivity index (χ0) is 17.6. The molecule has 0 fully saturated rings. The summed E-state index contributed by atoms with van der Waals surface area (Å²) in [4.78, 5) is 11.3. The summed E-state index contributed by atoms with van der Waals surface area (Å²) in [7, 11) is -4.58. The molecular weight excluding hydrogens is 356 g/mol. The number of benzene rings is 2. The number of amides is 1. The normalized spacial score (nSPS) is 16.5. The summed E-state index contributed by atoms with van der Waals surface area (Å²) in [6.07, 6.45) is 0.0911. The molecule has 2 aromatic rings. The second-order valence-electron chi connectivity index (χ2n) is 5.22. The van der Waals surface area contributed by atoms with Gasteiger partial charge in [0, 0.05) is 16.0 Å². The maximum absolute atomic E-state index is 12.0. The molecule has 3 rings (SSSR count). The Morgan fingerprint density at radius 1 is 1.29 bits per heavy atom. The lowest BCUT2D eigenvalue weighted by atomic mass is 10.1. The van der Waals surface area contributed by atoms with Gasteiger partial charge < -0.3 is 4.55 Å². The first-order valence-corrected chi connectivity index (χ1v) is 9.20. The maximum atomic E-state index is 12.0. The number of rotatable bonds is 3. The highest BCUT2D eigenvalue weighted by Crippen LogP contribution is 2.33. The van der Waals surface area contributed by atoms with Crippen LogP contribution < -0.4 is 5.01 Å². The molecule has 0 radical (unpaired) electrons. The number of hydrazone groups is 1.